The van der Waals surface area contributed by atoms with Crippen molar-refractivity contribution in [2.45, 2.75) is 0 Å². The zero-order valence-corrected chi connectivity index (χ0v) is 30.2. The van der Waals surface area contributed by atoms with Gasteiger partial charge in [-0.3, -0.25) is 4.57 Å². The minimum Gasteiger partial charge on any atom is -0.455 e. The molecule has 0 saturated carbocycles. The summed E-state index contributed by atoms with van der Waals surface area (Å²) >= 11 is 0. The molecule has 3 aromatic heterocycles. The Kier molecular flexibility index (Phi) is 7.42. The van der Waals surface area contributed by atoms with Crippen molar-refractivity contribution in [2.75, 3.05) is 0 Å². The number of para-hydroxylation sites is 1. The number of furan rings is 1. The van der Waals surface area contributed by atoms with Gasteiger partial charge in [0.25, 0.3) is 0 Å². The second-order valence-corrected chi connectivity index (χ2v) is 14.0. The SMILES string of the molecule is c1ccc(-c2ccc3oc4c(-c5ccccc5)cc(-c5ccc6c(c5)c5ccccc5n6-c5nc(-c6ccccc6)nc(-c6ccccc6)n5)cc4c3c2)cc1. The van der Waals surface area contributed by atoms with Crippen molar-refractivity contribution >= 4 is 43.7 Å². The maximum absolute atomic E-state index is 6.66. The molecule has 0 unspecified atom stereocenters. The van der Waals surface area contributed by atoms with E-state index in [4.69, 9.17) is 19.4 Å². The molecule has 56 heavy (non-hydrogen) atoms. The quantitative estimate of drug-likeness (QED) is 0.172. The van der Waals surface area contributed by atoms with E-state index < -0.39 is 0 Å². The molecule has 11 aromatic rings. The van der Waals surface area contributed by atoms with Crippen LogP contribution in [0.3, 0.4) is 0 Å². The fourth-order valence-corrected chi connectivity index (χ4v) is 7.95. The lowest BCUT2D eigenvalue weighted by atomic mass is 9.94. The van der Waals surface area contributed by atoms with E-state index in [9.17, 15) is 0 Å². The summed E-state index contributed by atoms with van der Waals surface area (Å²) in [6.45, 7) is 0. The van der Waals surface area contributed by atoms with Crippen LogP contribution in [0.4, 0.5) is 0 Å². The molecule has 0 radical (unpaired) electrons. The molecule has 8 aromatic carbocycles. The second kappa shape index (κ2) is 13.0. The number of rotatable bonds is 6. The maximum Gasteiger partial charge on any atom is 0.238 e. The van der Waals surface area contributed by atoms with E-state index in [1.807, 2.05) is 60.7 Å². The topological polar surface area (TPSA) is 56.7 Å². The third kappa shape index (κ3) is 5.37. The van der Waals surface area contributed by atoms with Crippen LogP contribution in [-0.4, -0.2) is 19.5 Å². The van der Waals surface area contributed by atoms with E-state index >= 15 is 0 Å². The Morgan fingerprint density at radius 3 is 1.54 bits per heavy atom. The highest BCUT2D eigenvalue weighted by Crippen LogP contribution is 2.42. The van der Waals surface area contributed by atoms with Gasteiger partial charge in [-0.15, -0.1) is 0 Å². The lowest BCUT2D eigenvalue weighted by Crippen LogP contribution is -2.06. The van der Waals surface area contributed by atoms with Crippen LogP contribution in [0.1, 0.15) is 0 Å². The summed E-state index contributed by atoms with van der Waals surface area (Å²) in [5.41, 5.74) is 12.4. The standard InChI is InChI=1S/C51H32N4O/c1-5-15-33(16-6-1)37-26-28-47-43(30-37)44-32-39(31-41(48(44)56-47)34-17-7-2-8-18-34)38-25-27-46-42(29-38)40-23-13-14-24-45(40)55(46)51-53-49(35-19-9-3-10-20-35)52-50(54-51)36-21-11-4-12-22-36/h1-32H. The molecule has 0 bridgehead atoms. The molecule has 0 N–H and O–H groups in total. The Labute approximate surface area is 322 Å². The third-order valence-corrected chi connectivity index (χ3v) is 10.7. The predicted molar refractivity (Wildman–Crippen MR) is 229 cm³/mol. The smallest absolute Gasteiger partial charge is 0.238 e. The molecule has 5 nitrogen and oxygen atoms in total. The molecule has 0 atom stereocenters. The van der Waals surface area contributed by atoms with Crippen LogP contribution in [0.5, 0.6) is 0 Å². The zero-order valence-electron chi connectivity index (χ0n) is 30.2. The van der Waals surface area contributed by atoms with Crippen molar-refractivity contribution in [3.05, 3.63) is 194 Å². The van der Waals surface area contributed by atoms with Gasteiger partial charge in [0.2, 0.25) is 5.95 Å². The van der Waals surface area contributed by atoms with Gasteiger partial charge in [-0.2, -0.15) is 9.97 Å². The lowest BCUT2D eigenvalue weighted by molar-refractivity contribution is 0.670. The van der Waals surface area contributed by atoms with Gasteiger partial charge in [-0.25, -0.2) is 4.98 Å². The summed E-state index contributed by atoms with van der Waals surface area (Å²) in [6, 6.07) is 67.5. The molecule has 0 fully saturated rings. The normalized spacial score (nSPS) is 11.6. The first-order valence-corrected chi connectivity index (χ1v) is 18.8. The fraction of sp³-hybridized carbons (Fsp3) is 0. The zero-order chi connectivity index (χ0) is 37.0. The monoisotopic (exact) mass is 716 g/mol. The molecule has 0 spiro atoms. The first kappa shape index (κ1) is 31.9. The minimum absolute atomic E-state index is 0.573. The molecule has 0 aliphatic carbocycles. The number of nitrogens with zero attached hydrogens (tertiary/aromatic N) is 4. The van der Waals surface area contributed by atoms with E-state index in [2.05, 4.69) is 138 Å². The lowest BCUT2D eigenvalue weighted by Gasteiger charge is -2.11. The number of hydrogen-bond acceptors (Lipinski definition) is 4. The van der Waals surface area contributed by atoms with Crippen molar-refractivity contribution < 1.29 is 4.42 Å². The number of benzene rings is 8. The van der Waals surface area contributed by atoms with Crippen LogP contribution in [0.15, 0.2) is 199 Å². The Morgan fingerprint density at radius 2 is 0.857 bits per heavy atom. The third-order valence-electron chi connectivity index (χ3n) is 10.7. The van der Waals surface area contributed by atoms with E-state index in [1.165, 1.54) is 5.56 Å². The molecule has 0 aliphatic rings. The first-order valence-electron chi connectivity index (χ1n) is 18.8. The van der Waals surface area contributed by atoms with Gasteiger partial charge in [0.05, 0.1) is 11.0 Å². The summed E-state index contributed by atoms with van der Waals surface area (Å²) in [6.07, 6.45) is 0. The van der Waals surface area contributed by atoms with Crippen LogP contribution in [0.25, 0.3) is 106 Å². The van der Waals surface area contributed by atoms with Crippen molar-refractivity contribution in [3.8, 4) is 62.1 Å². The van der Waals surface area contributed by atoms with Crippen molar-refractivity contribution in [1.82, 2.24) is 19.5 Å². The first-order chi connectivity index (χ1) is 27.7. The molecule has 11 rings (SSSR count). The summed E-state index contributed by atoms with van der Waals surface area (Å²) in [7, 11) is 0. The molecule has 5 heteroatoms. The Hall–Kier alpha value is -7.63. The van der Waals surface area contributed by atoms with Crippen LogP contribution < -0.4 is 0 Å². The van der Waals surface area contributed by atoms with E-state index in [0.29, 0.717) is 17.6 Å². The van der Waals surface area contributed by atoms with Gasteiger partial charge in [-0.05, 0) is 70.3 Å². The Bertz CT molecular complexity index is 3170. The Balaban J connectivity index is 1.13. The largest absolute Gasteiger partial charge is 0.455 e. The van der Waals surface area contributed by atoms with Gasteiger partial charge in [0, 0.05) is 38.2 Å². The van der Waals surface area contributed by atoms with E-state index in [0.717, 1.165) is 82.7 Å². The van der Waals surface area contributed by atoms with Crippen molar-refractivity contribution in [1.29, 1.82) is 0 Å². The average molecular weight is 717 g/mol. The number of aromatic nitrogens is 4. The molecule has 0 aliphatic heterocycles. The van der Waals surface area contributed by atoms with Gasteiger partial charge in [-0.1, -0.05) is 152 Å². The van der Waals surface area contributed by atoms with Gasteiger partial charge >= 0.3 is 0 Å². The molecular weight excluding hydrogens is 685 g/mol. The van der Waals surface area contributed by atoms with E-state index in [1.54, 1.807) is 0 Å². The summed E-state index contributed by atoms with van der Waals surface area (Å²) in [5.74, 6) is 1.83. The minimum atomic E-state index is 0.573. The molecule has 0 amide bonds. The number of fused-ring (bicyclic) bond motifs is 6. The Morgan fingerprint density at radius 1 is 0.339 bits per heavy atom. The van der Waals surface area contributed by atoms with Crippen molar-refractivity contribution in [3.63, 3.8) is 0 Å². The van der Waals surface area contributed by atoms with Crippen LogP contribution >= 0.6 is 0 Å². The highest BCUT2D eigenvalue weighted by Gasteiger charge is 2.20. The highest BCUT2D eigenvalue weighted by atomic mass is 16.3. The molecule has 0 saturated heterocycles. The second-order valence-electron chi connectivity index (χ2n) is 14.0. The molecular formula is C51H32N4O. The number of hydrogen-bond donors (Lipinski definition) is 0. The average Bonchev–Trinajstić information content (AvgIpc) is 3.82. The van der Waals surface area contributed by atoms with Crippen LogP contribution in [-0.2, 0) is 0 Å². The summed E-state index contributed by atoms with van der Waals surface area (Å²) < 4.78 is 8.83. The fourth-order valence-electron chi connectivity index (χ4n) is 7.95. The highest BCUT2D eigenvalue weighted by molar-refractivity contribution is 6.14. The van der Waals surface area contributed by atoms with Gasteiger partial charge in [0.1, 0.15) is 11.2 Å². The van der Waals surface area contributed by atoms with Gasteiger partial charge in [0.15, 0.2) is 11.6 Å². The van der Waals surface area contributed by atoms with Crippen LogP contribution in [0.2, 0.25) is 0 Å². The van der Waals surface area contributed by atoms with Gasteiger partial charge < -0.3 is 4.42 Å². The maximum atomic E-state index is 6.66. The van der Waals surface area contributed by atoms with Crippen molar-refractivity contribution in [2.24, 2.45) is 0 Å². The predicted octanol–water partition coefficient (Wildman–Crippen LogP) is 13.2. The summed E-state index contributed by atoms with van der Waals surface area (Å²) in [5, 5.41) is 4.42. The summed E-state index contributed by atoms with van der Waals surface area (Å²) in [4.78, 5) is 15.2. The van der Waals surface area contributed by atoms with Crippen LogP contribution in [0, 0.1) is 0 Å². The van der Waals surface area contributed by atoms with E-state index in [-0.39, 0.29) is 0 Å². The molecule has 262 valence electrons. The molecule has 3 heterocycles.